The predicted molar refractivity (Wildman–Crippen MR) is 142 cm³/mol. The van der Waals surface area contributed by atoms with Crippen molar-refractivity contribution in [2.45, 2.75) is 32.0 Å². The van der Waals surface area contributed by atoms with Gasteiger partial charge in [0.1, 0.15) is 12.4 Å². The Morgan fingerprint density at radius 1 is 1.02 bits per heavy atom. The zero-order valence-electron chi connectivity index (χ0n) is 21.6. The monoisotopic (exact) mass is 563 g/mol. The van der Waals surface area contributed by atoms with Gasteiger partial charge >= 0.3 is 18.2 Å². The van der Waals surface area contributed by atoms with Crippen LogP contribution in [0.15, 0.2) is 82.0 Å². The highest BCUT2D eigenvalue weighted by molar-refractivity contribution is 5.76. The van der Waals surface area contributed by atoms with E-state index in [4.69, 9.17) is 9.15 Å². The number of imidazole rings is 1. The van der Waals surface area contributed by atoms with Gasteiger partial charge in [-0.05, 0) is 36.2 Å². The van der Waals surface area contributed by atoms with Gasteiger partial charge in [-0.3, -0.25) is 9.13 Å². The van der Waals surface area contributed by atoms with Gasteiger partial charge in [0.25, 0.3) is 5.89 Å². The molecule has 0 bridgehead atoms. The second-order valence-electron chi connectivity index (χ2n) is 9.71. The average Bonchev–Trinajstić information content (AvgIpc) is 3.72. The SMILES string of the molecule is O=C(OCc1ccccc1)N1CCC(n2c(=O)n(Cc3ccc(-c4nnc(C(F)F)o4)cc3F)c3ccccc32)C1. The molecule has 1 amide bonds. The van der Waals surface area contributed by atoms with Gasteiger partial charge in [-0.2, -0.15) is 8.78 Å². The third-order valence-corrected chi connectivity index (χ3v) is 7.12. The standard InChI is InChI=1S/C29H24F3N5O4/c30-22-14-19(26-33-34-27(41-26)25(31)32)10-11-20(22)15-36-23-8-4-5-9-24(23)37(28(36)38)21-12-13-35(16-21)29(39)40-17-18-6-2-1-3-7-18/h1-11,14,21,25H,12-13,15-17H2. The molecule has 1 unspecified atom stereocenters. The summed E-state index contributed by atoms with van der Waals surface area (Å²) >= 11 is 0. The van der Waals surface area contributed by atoms with E-state index in [-0.39, 0.29) is 41.9 Å². The molecule has 1 aliphatic heterocycles. The van der Waals surface area contributed by atoms with E-state index in [2.05, 4.69) is 10.2 Å². The first-order chi connectivity index (χ1) is 19.9. The molecule has 0 radical (unpaired) electrons. The molecule has 0 spiro atoms. The van der Waals surface area contributed by atoms with Gasteiger partial charge in [0.15, 0.2) is 0 Å². The molecular formula is C29H24F3N5O4. The molecule has 1 fully saturated rings. The van der Waals surface area contributed by atoms with Crippen LogP contribution in [0.1, 0.15) is 35.9 Å². The molecular weight excluding hydrogens is 539 g/mol. The van der Waals surface area contributed by atoms with Crippen LogP contribution in [0.2, 0.25) is 0 Å². The number of halogens is 3. The average molecular weight is 564 g/mol. The van der Waals surface area contributed by atoms with Crippen LogP contribution in [0.3, 0.4) is 0 Å². The van der Waals surface area contributed by atoms with Crippen LogP contribution in [0.5, 0.6) is 0 Å². The minimum absolute atomic E-state index is 0.0693. The van der Waals surface area contributed by atoms with Crippen molar-refractivity contribution in [3.8, 4) is 11.5 Å². The number of carbonyl (C=O) groups is 1. The number of ether oxygens (including phenoxy) is 1. The van der Waals surface area contributed by atoms with Crippen LogP contribution < -0.4 is 5.69 Å². The predicted octanol–water partition coefficient (Wildman–Crippen LogP) is 5.56. The summed E-state index contributed by atoms with van der Waals surface area (Å²) < 4.78 is 54.2. The molecule has 210 valence electrons. The van der Waals surface area contributed by atoms with E-state index in [0.717, 1.165) is 11.6 Å². The van der Waals surface area contributed by atoms with Gasteiger partial charge in [-0.15, -0.1) is 10.2 Å². The number of amides is 1. The number of benzene rings is 3. The molecule has 1 aliphatic rings. The molecule has 0 aliphatic carbocycles. The zero-order valence-corrected chi connectivity index (χ0v) is 21.6. The largest absolute Gasteiger partial charge is 0.445 e. The summed E-state index contributed by atoms with van der Waals surface area (Å²) in [6.07, 6.45) is -2.82. The lowest BCUT2D eigenvalue weighted by molar-refractivity contribution is 0.103. The maximum Gasteiger partial charge on any atom is 0.410 e. The first-order valence-corrected chi connectivity index (χ1v) is 12.9. The Morgan fingerprint density at radius 2 is 1.78 bits per heavy atom. The van der Waals surface area contributed by atoms with E-state index in [1.54, 1.807) is 21.6 Å². The minimum atomic E-state index is -2.93. The highest BCUT2D eigenvalue weighted by Crippen LogP contribution is 2.28. The maximum absolute atomic E-state index is 15.1. The van der Waals surface area contributed by atoms with E-state index in [9.17, 15) is 18.4 Å². The van der Waals surface area contributed by atoms with Gasteiger partial charge in [0, 0.05) is 24.2 Å². The van der Waals surface area contributed by atoms with E-state index >= 15 is 4.39 Å². The Balaban J connectivity index is 1.23. The first-order valence-electron chi connectivity index (χ1n) is 12.9. The van der Waals surface area contributed by atoms with E-state index in [0.29, 0.717) is 30.5 Å². The summed E-state index contributed by atoms with van der Waals surface area (Å²) in [5, 5.41) is 6.82. The molecule has 2 aromatic heterocycles. The highest BCUT2D eigenvalue weighted by atomic mass is 19.3. The maximum atomic E-state index is 15.1. The van der Waals surface area contributed by atoms with Crippen molar-refractivity contribution in [2.24, 2.45) is 0 Å². The third kappa shape index (κ3) is 5.20. The Labute approximate surface area is 231 Å². The highest BCUT2D eigenvalue weighted by Gasteiger charge is 2.31. The summed E-state index contributed by atoms with van der Waals surface area (Å²) in [5.41, 5.74) is 2.19. The lowest BCUT2D eigenvalue weighted by Gasteiger charge is -2.17. The van der Waals surface area contributed by atoms with E-state index in [1.807, 2.05) is 42.5 Å². The quantitative estimate of drug-likeness (QED) is 0.257. The molecule has 12 heteroatoms. The molecule has 9 nitrogen and oxygen atoms in total. The van der Waals surface area contributed by atoms with Crippen LogP contribution in [-0.4, -0.2) is 43.4 Å². The number of fused-ring (bicyclic) bond motifs is 1. The van der Waals surface area contributed by atoms with Gasteiger partial charge in [0.2, 0.25) is 5.89 Å². The Kier molecular flexibility index (Phi) is 7.04. The number of hydrogen-bond donors (Lipinski definition) is 0. The summed E-state index contributed by atoms with van der Waals surface area (Å²) in [7, 11) is 0. The summed E-state index contributed by atoms with van der Waals surface area (Å²) in [6, 6.07) is 20.3. The lowest BCUT2D eigenvalue weighted by Crippen LogP contribution is -2.32. The molecule has 3 heterocycles. The molecule has 3 aromatic carbocycles. The molecule has 0 saturated carbocycles. The van der Waals surface area contributed by atoms with Crippen molar-refractivity contribution >= 4 is 17.1 Å². The van der Waals surface area contributed by atoms with Crippen molar-refractivity contribution in [3.05, 3.63) is 106 Å². The van der Waals surface area contributed by atoms with Gasteiger partial charge in [-0.1, -0.05) is 48.5 Å². The molecule has 6 rings (SSSR count). The topological polar surface area (TPSA) is 95.4 Å². The van der Waals surface area contributed by atoms with Crippen LogP contribution in [0, 0.1) is 5.82 Å². The zero-order chi connectivity index (χ0) is 28.5. The van der Waals surface area contributed by atoms with Crippen molar-refractivity contribution in [1.82, 2.24) is 24.2 Å². The Morgan fingerprint density at radius 3 is 2.51 bits per heavy atom. The number of para-hydroxylation sites is 2. The van der Waals surface area contributed by atoms with Crippen LogP contribution in [0.4, 0.5) is 18.0 Å². The van der Waals surface area contributed by atoms with Crippen molar-refractivity contribution < 1.29 is 27.1 Å². The summed E-state index contributed by atoms with van der Waals surface area (Å²) in [6.45, 7) is 0.823. The Hall–Kier alpha value is -4.87. The number of alkyl halides is 2. The number of carbonyl (C=O) groups excluding carboxylic acids is 1. The van der Waals surface area contributed by atoms with Crippen LogP contribution in [0.25, 0.3) is 22.5 Å². The normalized spacial score (nSPS) is 15.2. The second-order valence-corrected chi connectivity index (χ2v) is 9.71. The molecule has 1 atom stereocenters. The number of likely N-dealkylation sites (tertiary alicyclic amines) is 1. The smallest absolute Gasteiger partial charge is 0.410 e. The lowest BCUT2D eigenvalue weighted by atomic mass is 10.1. The first kappa shape index (κ1) is 26.4. The van der Waals surface area contributed by atoms with Crippen molar-refractivity contribution in [3.63, 3.8) is 0 Å². The van der Waals surface area contributed by atoms with Crippen molar-refractivity contribution in [1.29, 1.82) is 0 Å². The molecule has 41 heavy (non-hydrogen) atoms. The summed E-state index contributed by atoms with van der Waals surface area (Å²) in [5.74, 6) is -1.73. The minimum Gasteiger partial charge on any atom is -0.445 e. The van der Waals surface area contributed by atoms with Crippen LogP contribution in [-0.2, 0) is 17.9 Å². The van der Waals surface area contributed by atoms with E-state index < -0.39 is 24.2 Å². The van der Waals surface area contributed by atoms with Crippen LogP contribution >= 0.6 is 0 Å². The fraction of sp³-hybridized carbons (Fsp3) is 0.241. The van der Waals surface area contributed by atoms with Gasteiger partial charge in [0.05, 0.1) is 23.6 Å². The second kappa shape index (κ2) is 11.0. The summed E-state index contributed by atoms with van der Waals surface area (Å²) in [4.78, 5) is 28.0. The van der Waals surface area contributed by atoms with Gasteiger partial charge < -0.3 is 14.1 Å². The number of aromatic nitrogens is 4. The fourth-order valence-corrected chi connectivity index (χ4v) is 5.09. The number of nitrogens with zero attached hydrogens (tertiary/aromatic N) is 5. The molecule has 1 saturated heterocycles. The molecule has 5 aromatic rings. The molecule has 0 N–H and O–H groups in total. The fourth-order valence-electron chi connectivity index (χ4n) is 5.09. The third-order valence-electron chi connectivity index (χ3n) is 7.12. The van der Waals surface area contributed by atoms with E-state index in [1.165, 1.54) is 16.7 Å². The number of hydrogen-bond acceptors (Lipinski definition) is 6. The van der Waals surface area contributed by atoms with Crippen molar-refractivity contribution in [2.75, 3.05) is 13.1 Å². The number of rotatable bonds is 7. The van der Waals surface area contributed by atoms with Gasteiger partial charge in [-0.25, -0.2) is 14.0 Å². The Bertz CT molecular complexity index is 1770.